The summed E-state index contributed by atoms with van der Waals surface area (Å²) >= 11 is 0. The number of phosphoric acid groups is 2. The summed E-state index contributed by atoms with van der Waals surface area (Å²) in [7, 11) is -10.3. The predicted molar refractivity (Wildman–Crippen MR) is 143 cm³/mol. The predicted octanol–water partition coefficient (Wildman–Crippen LogP) is -2.72. The van der Waals surface area contributed by atoms with Gasteiger partial charge < -0.3 is 40.9 Å². The second-order valence-corrected chi connectivity index (χ2v) is 13.0. The Kier molecular flexibility index (Phi) is 7.09. The Balaban J connectivity index is 1.26. The summed E-state index contributed by atoms with van der Waals surface area (Å²) in [6.07, 6.45) is -6.20. The number of fused-ring (bicyclic) bond motifs is 5. The van der Waals surface area contributed by atoms with Gasteiger partial charge in [0, 0.05) is 5.56 Å². The fraction of sp³-hybridized carbons (Fsp3) is 0.500. The molecule has 23 nitrogen and oxygen atoms in total. The second-order valence-electron chi connectivity index (χ2n) is 10.2. The maximum atomic E-state index is 13.4. The average Bonchev–Trinajstić information content (AvgIpc) is 3.73. The minimum absolute atomic E-state index is 0.0337. The van der Waals surface area contributed by atoms with E-state index in [1.165, 1.54) is 6.20 Å². The van der Waals surface area contributed by atoms with Crippen molar-refractivity contribution in [3.8, 4) is 0 Å². The number of ether oxygens (including phenoxy) is 2. The van der Waals surface area contributed by atoms with Gasteiger partial charge in [-0.05, 0) is 0 Å². The van der Waals surface area contributed by atoms with Crippen LogP contribution in [0.1, 0.15) is 11.7 Å². The van der Waals surface area contributed by atoms with Crippen LogP contribution in [-0.2, 0) is 42.4 Å². The van der Waals surface area contributed by atoms with Gasteiger partial charge >= 0.3 is 15.6 Å². The first-order chi connectivity index (χ1) is 21.3. The average molecular weight is 674 g/mol. The molecule has 3 aliphatic heterocycles. The number of aromatic amines is 1. The van der Waals surface area contributed by atoms with Crippen LogP contribution in [-0.4, -0.2) is 109 Å². The van der Waals surface area contributed by atoms with Gasteiger partial charge in [-0.3, -0.25) is 32.4 Å². The summed E-state index contributed by atoms with van der Waals surface area (Å²) in [5.74, 6) is -0.378. The van der Waals surface area contributed by atoms with Crippen molar-refractivity contribution in [2.45, 2.75) is 42.3 Å². The van der Waals surface area contributed by atoms with Gasteiger partial charge in [0.25, 0.3) is 5.56 Å². The fourth-order valence-corrected chi connectivity index (χ4v) is 7.43. The normalized spacial score (nSPS) is 37.7. The molecule has 9 N–H and O–H groups in total. The maximum absolute atomic E-state index is 13.4. The van der Waals surface area contributed by atoms with Crippen molar-refractivity contribution >= 4 is 44.4 Å². The van der Waals surface area contributed by atoms with Crippen molar-refractivity contribution in [2.24, 2.45) is 0 Å². The van der Waals surface area contributed by atoms with Gasteiger partial charge in [-0.1, -0.05) is 0 Å². The molecule has 0 aliphatic carbocycles. The van der Waals surface area contributed by atoms with E-state index in [2.05, 4.69) is 30.0 Å². The lowest BCUT2D eigenvalue weighted by Gasteiger charge is -2.34. The lowest BCUT2D eigenvalue weighted by atomic mass is 10.0. The van der Waals surface area contributed by atoms with Crippen LogP contribution in [0.4, 0.5) is 11.9 Å². The number of nitrogens with zero attached hydrogens (tertiary/aromatic N) is 7. The van der Waals surface area contributed by atoms with Gasteiger partial charge in [0.15, 0.2) is 16.8 Å². The first-order valence-electron chi connectivity index (χ1n) is 12.9. The molecule has 0 saturated carbocycles. The van der Waals surface area contributed by atoms with E-state index in [0.717, 1.165) is 21.7 Å². The number of nitrogens with one attached hydrogen (secondary N) is 1. The molecule has 0 aromatic carbocycles. The number of phosphoric ester groups is 2. The number of nitrogens with two attached hydrogens (primary N) is 2. The third-order valence-electron chi connectivity index (χ3n) is 7.48. The van der Waals surface area contributed by atoms with Gasteiger partial charge in [0.1, 0.15) is 43.0 Å². The van der Waals surface area contributed by atoms with Crippen LogP contribution >= 0.6 is 15.6 Å². The third kappa shape index (κ3) is 5.02. The zero-order valence-corrected chi connectivity index (χ0v) is 24.2. The minimum atomic E-state index is -5.25. The Morgan fingerprint density at radius 1 is 1.04 bits per heavy atom. The van der Waals surface area contributed by atoms with Crippen molar-refractivity contribution in [1.82, 2.24) is 39.1 Å². The zero-order chi connectivity index (χ0) is 31.9. The van der Waals surface area contributed by atoms with Gasteiger partial charge in [-0.15, -0.1) is 0 Å². The molecule has 3 aliphatic rings. The topological polar surface area (TPSA) is 329 Å². The van der Waals surface area contributed by atoms with E-state index in [1.54, 1.807) is 0 Å². The molecule has 2 bridgehead atoms. The molecule has 3 saturated heterocycles. The van der Waals surface area contributed by atoms with Crippen molar-refractivity contribution < 1.29 is 56.7 Å². The first-order valence-corrected chi connectivity index (χ1v) is 15.9. The molecular formula is C20H24N10O13P2. The monoisotopic (exact) mass is 674 g/mol. The Labute approximate surface area is 248 Å². The summed E-state index contributed by atoms with van der Waals surface area (Å²) in [5.41, 5.74) is 8.16. The van der Waals surface area contributed by atoms with Gasteiger partial charge in [0.05, 0.1) is 32.3 Å². The Bertz CT molecular complexity index is 1950. The number of hydrogen-bond donors (Lipinski definition) is 7. The molecule has 4 aromatic rings. The molecule has 3 unspecified atom stereocenters. The molecule has 0 radical (unpaired) electrons. The van der Waals surface area contributed by atoms with E-state index in [1.807, 2.05) is 0 Å². The summed E-state index contributed by atoms with van der Waals surface area (Å²) in [6.45, 7) is -2.37. The molecule has 0 spiro atoms. The van der Waals surface area contributed by atoms with Crippen LogP contribution in [0.3, 0.4) is 0 Å². The smallest absolute Gasteiger partial charge is 0.387 e. The highest BCUT2D eigenvalue weighted by molar-refractivity contribution is 7.47. The van der Waals surface area contributed by atoms with Crippen LogP contribution in [0.5, 0.6) is 0 Å². The van der Waals surface area contributed by atoms with Crippen LogP contribution < -0.4 is 17.0 Å². The number of H-pyrrole nitrogens is 1. The van der Waals surface area contributed by atoms with E-state index in [-0.39, 0.29) is 34.3 Å². The number of hydrogen-bond acceptors (Lipinski definition) is 18. The number of aromatic nitrogens is 8. The maximum Gasteiger partial charge on any atom is 0.474 e. The first kappa shape index (κ1) is 30.2. The summed E-state index contributed by atoms with van der Waals surface area (Å²) in [6, 6.07) is 0. The molecule has 45 heavy (non-hydrogen) atoms. The number of imidazole rings is 1. The van der Waals surface area contributed by atoms with Crippen LogP contribution in [0.15, 0.2) is 23.6 Å². The Morgan fingerprint density at radius 2 is 1.80 bits per heavy atom. The largest absolute Gasteiger partial charge is 0.474 e. The highest BCUT2D eigenvalue weighted by atomic mass is 31.2. The highest BCUT2D eigenvalue weighted by Gasteiger charge is 2.58. The molecule has 7 heterocycles. The van der Waals surface area contributed by atoms with Crippen LogP contribution in [0.25, 0.3) is 16.8 Å². The van der Waals surface area contributed by atoms with Crippen molar-refractivity contribution in [1.29, 1.82) is 0 Å². The van der Waals surface area contributed by atoms with Crippen molar-refractivity contribution in [3.63, 3.8) is 0 Å². The number of nitrogen functional groups attached to an aromatic ring is 2. The quantitative estimate of drug-likeness (QED) is 0.106. The van der Waals surface area contributed by atoms with Crippen molar-refractivity contribution in [3.05, 3.63) is 34.8 Å². The molecule has 0 amide bonds. The lowest BCUT2D eigenvalue weighted by Crippen LogP contribution is -2.48. The number of anilines is 2. The Hall–Kier alpha value is -3.44. The third-order valence-corrected chi connectivity index (χ3v) is 9.49. The molecule has 25 heteroatoms. The molecule has 242 valence electrons. The minimum Gasteiger partial charge on any atom is -0.387 e. The molecule has 4 aromatic heterocycles. The van der Waals surface area contributed by atoms with Crippen LogP contribution in [0.2, 0.25) is 0 Å². The molecule has 3 fully saturated rings. The van der Waals surface area contributed by atoms with E-state index >= 15 is 0 Å². The fourth-order valence-electron chi connectivity index (χ4n) is 5.43. The molecular weight excluding hydrogens is 650 g/mol. The highest BCUT2D eigenvalue weighted by Crippen LogP contribution is 2.55. The van der Waals surface area contributed by atoms with Crippen LogP contribution in [0, 0.1) is 0 Å². The van der Waals surface area contributed by atoms with Gasteiger partial charge in [-0.2, -0.15) is 14.6 Å². The zero-order valence-electron chi connectivity index (χ0n) is 22.5. The summed E-state index contributed by atoms with van der Waals surface area (Å²) < 4.78 is 61.1. The van der Waals surface area contributed by atoms with E-state index < -0.39 is 83.4 Å². The molecule has 9 atom stereocenters. The SMILES string of the molecule is Nc1nc2c(ncn2[C@]23CO[C@H](COP(=O)(O)O[C@@H]4C(COP(=O)(O)O2)O[C@@H](c2cnn5c(N)ncnc25)[C@@H]4O)[C@H]3O)c(=O)[nH]1. The van der Waals surface area contributed by atoms with Crippen molar-refractivity contribution in [2.75, 3.05) is 31.3 Å². The number of aliphatic hydroxyl groups is 2. The van der Waals surface area contributed by atoms with Gasteiger partial charge in [-0.25, -0.2) is 24.1 Å². The van der Waals surface area contributed by atoms with E-state index in [4.69, 9.17) is 39.0 Å². The summed E-state index contributed by atoms with van der Waals surface area (Å²) in [4.78, 5) is 52.0. The van der Waals surface area contributed by atoms with E-state index in [0.29, 0.717) is 0 Å². The molecule has 7 rings (SSSR count). The number of rotatable bonds is 2. The number of aliphatic hydroxyl groups excluding tert-OH is 2. The Morgan fingerprint density at radius 3 is 2.60 bits per heavy atom. The van der Waals surface area contributed by atoms with E-state index in [9.17, 15) is 33.9 Å². The summed E-state index contributed by atoms with van der Waals surface area (Å²) in [5, 5.41) is 26.6. The standard InChI is InChI=1S/C20H24N10O13P2/c21-18-27-16-10(17(33)28-18)25-6-29(16)20-4-38-9(14(20)32)3-39-44(34,35)42-13-8(2-40-45(36,37)43-20)41-12(11(13)31)7-1-26-30-15(7)23-5-24-19(30)22/h1,5-6,8-9,11-14,31-32H,2-4H2,(H,34,35)(H,36,37)(H2,22,23,24)(H3,21,27,28,33)/t8?,9-,11+,12+,13-,14-,20-/m1/s1. The van der Waals surface area contributed by atoms with Gasteiger partial charge in [0.2, 0.25) is 17.6 Å². The second kappa shape index (κ2) is 10.6. The lowest BCUT2D eigenvalue weighted by molar-refractivity contribution is -0.108.